The lowest BCUT2D eigenvalue weighted by Crippen LogP contribution is -2.13. The van der Waals surface area contributed by atoms with Crippen LogP contribution in [0.4, 0.5) is 11.6 Å². The molecule has 2 rings (SSSR count). The molecule has 0 saturated carbocycles. The van der Waals surface area contributed by atoms with E-state index in [-0.39, 0.29) is 5.91 Å². The Bertz CT molecular complexity index is 541. The van der Waals surface area contributed by atoms with Crippen molar-refractivity contribution in [2.45, 2.75) is 0 Å². The molecule has 3 N–H and O–H groups in total. The lowest BCUT2D eigenvalue weighted by molar-refractivity contribution is 0.102. The number of aromatic nitrogens is 2. The van der Waals surface area contributed by atoms with Crippen LogP contribution in [0.2, 0.25) is 5.02 Å². The fraction of sp³-hybridized carbons (Fsp3) is 0. The molecule has 0 fully saturated rings. The highest BCUT2D eigenvalue weighted by Gasteiger charge is 2.09. The standard InChI is InChI=1S/C11H9ClN4O/c12-8-2-1-5-14-10(8)16-11(17)7-3-4-9(13)15-6-7/h1-6H,(H2,13,15)(H,14,16,17). The smallest absolute Gasteiger partial charge is 0.258 e. The second-order valence-electron chi connectivity index (χ2n) is 3.26. The van der Waals surface area contributed by atoms with Crippen molar-refractivity contribution < 1.29 is 4.79 Å². The van der Waals surface area contributed by atoms with E-state index in [4.69, 9.17) is 17.3 Å². The first-order valence-corrected chi connectivity index (χ1v) is 5.18. The van der Waals surface area contributed by atoms with Crippen molar-refractivity contribution >= 4 is 29.1 Å². The third kappa shape index (κ3) is 2.70. The number of hydrogen-bond acceptors (Lipinski definition) is 4. The number of nitrogens with one attached hydrogen (secondary N) is 1. The van der Waals surface area contributed by atoms with Crippen molar-refractivity contribution in [3.63, 3.8) is 0 Å². The summed E-state index contributed by atoms with van der Waals surface area (Å²) in [6, 6.07) is 6.46. The van der Waals surface area contributed by atoms with E-state index < -0.39 is 0 Å². The molecular weight excluding hydrogens is 240 g/mol. The molecule has 86 valence electrons. The van der Waals surface area contributed by atoms with E-state index in [1.807, 2.05) is 0 Å². The monoisotopic (exact) mass is 248 g/mol. The summed E-state index contributed by atoms with van der Waals surface area (Å²) in [5.41, 5.74) is 5.82. The molecule has 0 aliphatic heterocycles. The van der Waals surface area contributed by atoms with Gasteiger partial charge in [-0.25, -0.2) is 9.97 Å². The highest BCUT2D eigenvalue weighted by molar-refractivity contribution is 6.33. The zero-order valence-corrected chi connectivity index (χ0v) is 9.48. The second kappa shape index (κ2) is 4.80. The number of rotatable bonds is 2. The number of carbonyl (C=O) groups excluding carboxylic acids is 1. The Balaban J connectivity index is 2.17. The van der Waals surface area contributed by atoms with Crippen LogP contribution in [0.25, 0.3) is 0 Å². The number of halogens is 1. The SMILES string of the molecule is Nc1ccc(C(=O)Nc2ncccc2Cl)cn1. The predicted molar refractivity (Wildman–Crippen MR) is 65.8 cm³/mol. The molecule has 2 aromatic rings. The lowest BCUT2D eigenvalue weighted by atomic mass is 10.2. The molecule has 17 heavy (non-hydrogen) atoms. The third-order valence-electron chi connectivity index (χ3n) is 2.04. The van der Waals surface area contributed by atoms with Gasteiger partial charge in [0.15, 0.2) is 5.82 Å². The van der Waals surface area contributed by atoms with Crippen molar-refractivity contribution in [1.29, 1.82) is 0 Å². The molecule has 1 amide bonds. The Morgan fingerprint density at radius 3 is 2.76 bits per heavy atom. The van der Waals surface area contributed by atoms with E-state index in [1.165, 1.54) is 6.20 Å². The topological polar surface area (TPSA) is 80.9 Å². The van der Waals surface area contributed by atoms with Gasteiger partial charge in [0.1, 0.15) is 5.82 Å². The number of hydrogen-bond donors (Lipinski definition) is 2. The van der Waals surface area contributed by atoms with Crippen LogP contribution in [0.3, 0.4) is 0 Å². The summed E-state index contributed by atoms with van der Waals surface area (Å²) in [4.78, 5) is 19.6. The number of anilines is 2. The Hall–Kier alpha value is -2.14. The van der Waals surface area contributed by atoms with Gasteiger partial charge >= 0.3 is 0 Å². The highest BCUT2D eigenvalue weighted by Crippen LogP contribution is 2.18. The molecule has 0 bridgehead atoms. The largest absolute Gasteiger partial charge is 0.384 e. The quantitative estimate of drug-likeness (QED) is 0.851. The fourth-order valence-corrected chi connectivity index (χ4v) is 1.37. The normalized spacial score (nSPS) is 9.94. The second-order valence-corrected chi connectivity index (χ2v) is 3.67. The van der Waals surface area contributed by atoms with Crippen molar-refractivity contribution in [3.8, 4) is 0 Å². The maximum atomic E-state index is 11.8. The molecular formula is C11H9ClN4O. The minimum Gasteiger partial charge on any atom is -0.384 e. The number of nitrogens with two attached hydrogens (primary N) is 1. The maximum Gasteiger partial charge on any atom is 0.258 e. The molecule has 0 unspecified atom stereocenters. The molecule has 0 radical (unpaired) electrons. The first-order valence-electron chi connectivity index (χ1n) is 4.80. The van der Waals surface area contributed by atoms with E-state index in [0.717, 1.165) is 0 Å². The van der Waals surface area contributed by atoms with Crippen molar-refractivity contribution in [2.24, 2.45) is 0 Å². The number of nitrogens with zero attached hydrogens (tertiary/aromatic N) is 2. The van der Waals surface area contributed by atoms with Gasteiger partial charge in [-0.15, -0.1) is 0 Å². The Morgan fingerprint density at radius 1 is 1.29 bits per heavy atom. The van der Waals surface area contributed by atoms with Gasteiger partial charge in [0.2, 0.25) is 0 Å². The van der Waals surface area contributed by atoms with Crippen LogP contribution in [0.15, 0.2) is 36.7 Å². The number of pyridine rings is 2. The molecule has 2 heterocycles. The van der Waals surface area contributed by atoms with Gasteiger partial charge in [-0.05, 0) is 24.3 Å². The molecule has 0 aromatic carbocycles. The average Bonchev–Trinajstić information content (AvgIpc) is 2.33. The maximum absolute atomic E-state index is 11.8. The van der Waals surface area contributed by atoms with Crippen molar-refractivity contribution in [1.82, 2.24) is 9.97 Å². The number of carbonyl (C=O) groups is 1. The molecule has 0 saturated heterocycles. The van der Waals surface area contributed by atoms with E-state index in [9.17, 15) is 4.79 Å². The molecule has 0 spiro atoms. The van der Waals surface area contributed by atoms with E-state index in [2.05, 4.69) is 15.3 Å². The first kappa shape index (κ1) is 11.3. The van der Waals surface area contributed by atoms with E-state index in [1.54, 1.807) is 30.5 Å². The lowest BCUT2D eigenvalue weighted by Gasteiger charge is -2.05. The van der Waals surface area contributed by atoms with Crippen LogP contribution in [-0.2, 0) is 0 Å². The van der Waals surface area contributed by atoms with E-state index in [0.29, 0.717) is 22.2 Å². The molecule has 5 nitrogen and oxygen atoms in total. The van der Waals surface area contributed by atoms with Crippen LogP contribution in [0, 0.1) is 0 Å². The zero-order valence-electron chi connectivity index (χ0n) is 8.72. The third-order valence-corrected chi connectivity index (χ3v) is 2.34. The summed E-state index contributed by atoms with van der Waals surface area (Å²) in [5.74, 6) is 0.339. The van der Waals surface area contributed by atoms with Crippen LogP contribution in [-0.4, -0.2) is 15.9 Å². The minimum atomic E-state index is -0.335. The van der Waals surface area contributed by atoms with Crippen LogP contribution in [0.1, 0.15) is 10.4 Å². The molecule has 0 atom stereocenters. The molecule has 0 aliphatic carbocycles. The van der Waals surface area contributed by atoms with Crippen LogP contribution in [0.5, 0.6) is 0 Å². The van der Waals surface area contributed by atoms with Crippen molar-refractivity contribution in [3.05, 3.63) is 47.2 Å². The van der Waals surface area contributed by atoms with Crippen molar-refractivity contribution in [2.75, 3.05) is 11.1 Å². The molecule has 2 aromatic heterocycles. The first-order chi connectivity index (χ1) is 8.16. The van der Waals surface area contributed by atoms with Gasteiger partial charge in [-0.3, -0.25) is 4.79 Å². The van der Waals surface area contributed by atoms with Crippen LogP contribution >= 0.6 is 11.6 Å². The average molecular weight is 249 g/mol. The van der Waals surface area contributed by atoms with Gasteiger partial charge in [0, 0.05) is 12.4 Å². The van der Waals surface area contributed by atoms with E-state index >= 15 is 0 Å². The minimum absolute atomic E-state index is 0.316. The van der Waals surface area contributed by atoms with Gasteiger partial charge in [0.05, 0.1) is 10.6 Å². The summed E-state index contributed by atoms with van der Waals surface area (Å²) < 4.78 is 0. The van der Waals surface area contributed by atoms with Gasteiger partial charge < -0.3 is 11.1 Å². The summed E-state index contributed by atoms with van der Waals surface area (Å²) in [7, 11) is 0. The number of amides is 1. The highest BCUT2D eigenvalue weighted by atomic mass is 35.5. The van der Waals surface area contributed by atoms with Crippen LogP contribution < -0.4 is 11.1 Å². The van der Waals surface area contributed by atoms with Gasteiger partial charge in [-0.2, -0.15) is 0 Å². The van der Waals surface area contributed by atoms with Gasteiger partial charge in [-0.1, -0.05) is 11.6 Å². The molecule has 6 heteroatoms. The zero-order chi connectivity index (χ0) is 12.3. The Morgan fingerprint density at radius 2 is 2.12 bits per heavy atom. The van der Waals surface area contributed by atoms with Gasteiger partial charge in [0.25, 0.3) is 5.91 Å². The number of nitrogen functional groups attached to an aromatic ring is 1. The summed E-state index contributed by atoms with van der Waals surface area (Å²) >= 11 is 5.87. The fourth-order valence-electron chi connectivity index (χ4n) is 1.20. The molecule has 0 aliphatic rings. The Labute approximate surface area is 103 Å². The Kier molecular flexibility index (Phi) is 3.20. The summed E-state index contributed by atoms with van der Waals surface area (Å²) in [6.45, 7) is 0. The predicted octanol–water partition coefficient (Wildman–Crippen LogP) is 1.96. The summed E-state index contributed by atoms with van der Waals surface area (Å²) in [5, 5.41) is 2.96. The summed E-state index contributed by atoms with van der Waals surface area (Å²) in [6.07, 6.45) is 2.93.